The SMILES string of the molecule is CCCO[C@]1(C(=O)CO)C(C)C[C@H]2[C@@H]3CC(C)C4=CC(=O)CC[C@]4(C)[C@H]3C(O)C[C@@]21C. The highest BCUT2D eigenvalue weighted by Crippen LogP contribution is 2.70. The highest BCUT2D eigenvalue weighted by Gasteiger charge is 2.71. The minimum Gasteiger partial charge on any atom is -0.393 e. The zero-order valence-corrected chi connectivity index (χ0v) is 19.8. The van der Waals surface area contributed by atoms with E-state index in [1.54, 1.807) is 0 Å². The fourth-order valence-electron chi connectivity index (χ4n) is 8.80. The molecule has 5 heteroatoms. The Morgan fingerprint density at radius 3 is 2.61 bits per heavy atom. The molecular formula is C26H40O5. The van der Waals surface area contributed by atoms with Gasteiger partial charge in [-0.3, -0.25) is 9.59 Å². The van der Waals surface area contributed by atoms with Gasteiger partial charge in [-0.1, -0.05) is 40.2 Å². The molecule has 3 fully saturated rings. The average Bonchev–Trinajstić information content (AvgIpc) is 2.94. The van der Waals surface area contributed by atoms with Gasteiger partial charge in [-0.25, -0.2) is 0 Å². The highest BCUT2D eigenvalue weighted by atomic mass is 16.5. The van der Waals surface area contributed by atoms with E-state index >= 15 is 0 Å². The smallest absolute Gasteiger partial charge is 0.190 e. The van der Waals surface area contributed by atoms with Gasteiger partial charge in [0.1, 0.15) is 12.2 Å². The molecule has 0 aliphatic heterocycles. The molecule has 0 spiro atoms. The molecule has 0 aromatic rings. The van der Waals surface area contributed by atoms with Crippen LogP contribution in [0.25, 0.3) is 0 Å². The molecule has 9 atom stereocenters. The van der Waals surface area contributed by atoms with Crippen molar-refractivity contribution in [3.63, 3.8) is 0 Å². The summed E-state index contributed by atoms with van der Waals surface area (Å²) in [5, 5.41) is 21.5. The third kappa shape index (κ3) is 2.99. The fourth-order valence-corrected chi connectivity index (χ4v) is 8.80. The summed E-state index contributed by atoms with van der Waals surface area (Å²) >= 11 is 0. The Hall–Kier alpha value is -1.04. The molecule has 0 bridgehead atoms. The van der Waals surface area contributed by atoms with Gasteiger partial charge in [0, 0.05) is 18.4 Å². The Bertz CT molecular complexity index is 789. The Labute approximate surface area is 186 Å². The van der Waals surface area contributed by atoms with Crippen molar-refractivity contribution in [2.45, 2.75) is 84.8 Å². The number of carbonyl (C=O) groups is 2. The second kappa shape index (κ2) is 7.78. The van der Waals surface area contributed by atoms with Crippen molar-refractivity contribution in [1.82, 2.24) is 0 Å². The standard InChI is InChI=1S/C26H40O5/c1-6-9-31-26(22(30)14-27)16(3)11-20-18-10-15(2)19-12-17(28)7-8-24(19,4)23(18)21(29)13-25(20,26)5/h12,15-16,18,20-21,23,27,29H,6-11,13-14H2,1-5H3/t15?,16?,18-,20-,21?,23+,24-,25-,26-/m0/s1. The van der Waals surface area contributed by atoms with Gasteiger partial charge in [0.15, 0.2) is 11.6 Å². The van der Waals surface area contributed by atoms with Crippen LogP contribution in [-0.2, 0) is 14.3 Å². The summed E-state index contributed by atoms with van der Waals surface area (Å²) in [7, 11) is 0. The van der Waals surface area contributed by atoms with E-state index < -0.39 is 23.7 Å². The first-order chi connectivity index (χ1) is 14.6. The summed E-state index contributed by atoms with van der Waals surface area (Å²) < 4.78 is 6.40. The second-order valence-corrected chi connectivity index (χ2v) is 11.4. The van der Waals surface area contributed by atoms with Crippen molar-refractivity contribution >= 4 is 11.6 Å². The minimum atomic E-state index is -1.04. The summed E-state index contributed by atoms with van der Waals surface area (Å²) in [6, 6.07) is 0. The molecular weight excluding hydrogens is 392 g/mol. The van der Waals surface area contributed by atoms with Crippen LogP contribution in [0.15, 0.2) is 11.6 Å². The maximum absolute atomic E-state index is 13.3. The van der Waals surface area contributed by atoms with E-state index in [1.165, 1.54) is 5.57 Å². The Morgan fingerprint density at radius 2 is 1.97 bits per heavy atom. The molecule has 0 aromatic carbocycles. The molecule has 4 rings (SSSR count). The van der Waals surface area contributed by atoms with E-state index in [0.29, 0.717) is 25.4 Å². The van der Waals surface area contributed by atoms with Crippen LogP contribution < -0.4 is 0 Å². The van der Waals surface area contributed by atoms with Crippen LogP contribution in [0.4, 0.5) is 0 Å². The molecule has 0 saturated heterocycles. The van der Waals surface area contributed by atoms with Crippen LogP contribution in [0.1, 0.15) is 73.1 Å². The monoisotopic (exact) mass is 432 g/mol. The van der Waals surface area contributed by atoms with Crippen LogP contribution >= 0.6 is 0 Å². The minimum absolute atomic E-state index is 0.00682. The molecule has 0 aromatic heterocycles. The molecule has 4 aliphatic rings. The maximum atomic E-state index is 13.3. The second-order valence-electron chi connectivity index (χ2n) is 11.4. The number of aliphatic hydroxyl groups is 2. The van der Waals surface area contributed by atoms with Crippen LogP contribution in [0.5, 0.6) is 0 Å². The van der Waals surface area contributed by atoms with Crippen molar-refractivity contribution < 1.29 is 24.5 Å². The predicted molar refractivity (Wildman–Crippen MR) is 118 cm³/mol. The summed E-state index contributed by atoms with van der Waals surface area (Å²) in [4.78, 5) is 25.5. The van der Waals surface area contributed by atoms with Crippen LogP contribution in [-0.4, -0.2) is 46.7 Å². The van der Waals surface area contributed by atoms with E-state index in [4.69, 9.17) is 4.74 Å². The summed E-state index contributed by atoms with van der Waals surface area (Å²) in [6.45, 7) is 10.7. The van der Waals surface area contributed by atoms with Crippen molar-refractivity contribution in [1.29, 1.82) is 0 Å². The largest absolute Gasteiger partial charge is 0.393 e. The van der Waals surface area contributed by atoms with Gasteiger partial charge < -0.3 is 14.9 Å². The zero-order chi connectivity index (χ0) is 22.8. The van der Waals surface area contributed by atoms with E-state index in [-0.39, 0.29) is 40.7 Å². The highest BCUT2D eigenvalue weighted by molar-refractivity contribution is 5.92. The van der Waals surface area contributed by atoms with Gasteiger partial charge in [0.2, 0.25) is 0 Å². The Morgan fingerprint density at radius 1 is 1.26 bits per heavy atom. The van der Waals surface area contributed by atoms with E-state index in [0.717, 1.165) is 25.7 Å². The van der Waals surface area contributed by atoms with Gasteiger partial charge in [-0.2, -0.15) is 0 Å². The lowest BCUT2D eigenvalue weighted by molar-refractivity contribution is -0.204. The summed E-state index contributed by atoms with van der Waals surface area (Å²) in [5.41, 5.74) is -0.504. The number of rotatable bonds is 5. The first-order valence-electron chi connectivity index (χ1n) is 12.3. The number of aliphatic hydroxyl groups excluding tert-OH is 2. The van der Waals surface area contributed by atoms with Crippen LogP contribution in [0.3, 0.4) is 0 Å². The predicted octanol–water partition coefficient (Wildman–Crippen LogP) is 3.71. The Balaban J connectivity index is 1.80. The van der Waals surface area contributed by atoms with E-state index in [2.05, 4.69) is 27.7 Å². The third-order valence-electron chi connectivity index (χ3n) is 9.84. The number of fused-ring (bicyclic) bond motifs is 5. The molecule has 0 radical (unpaired) electrons. The third-order valence-corrected chi connectivity index (χ3v) is 9.84. The molecule has 2 N–H and O–H groups in total. The van der Waals surface area contributed by atoms with Crippen molar-refractivity contribution in [3.8, 4) is 0 Å². The molecule has 3 saturated carbocycles. The molecule has 0 amide bonds. The average molecular weight is 433 g/mol. The van der Waals surface area contributed by atoms with Crippen LogP contribution in [0.2, 0.25) is 0 Å². The number of Topliss-reactive ketones (excluding diaryl/α,β-unsaturated/α-hetero) is 1. The van der Waals surface area contributed by atoms with Crippen molar-refractivity contribution in [3.05, 3.63) is 11.6 Å². The normalized spacial score (nSPS) is 49.1. The first kappa shape index (κ1) is 23.1. The number of carbonyl (C=O) groups excluding carboxylic acids is 2. The number of ether oxygens (including phenoxy) is 1. The lowest BCUT2D eigenvalue weighted by Gasteiger charge is -2.62. The molecule has 174 valence electrons. The van der Waals surface area contributed by atoms with E-state index in [9.17, 15) is 19.8 Å². The van der Waals surface area contributed by atoms with Crippen molar-refractivity contribution in [2.75, 3.05) is 13.2 Å². The topological polar surface area (TPSA) is 83.8 Å². The number of allylic oxidation sites excluding steroid dienone is 1. The van der Waals surface area contributed by atoms with Gasteiger partial charge in [-0.15, -0.1) is 0 Å². The Kier molecular flexibility index (Phi) is 5.80. The number of ketones is 2. The zero-order valence-electron chi connectivity index (χ0n) is 19.8. The summed E-state index contributed by atoms with van der Waals surface area (Å²) in [6.07, 6.45) is 5.78. The quantitative estimate of drug-likeness (QED) is 0.692. The van der Waals surface area contributed by atoms with Crippen molar-refractivity contribution in [2.24, 2.45) is 40.4 Å². The van der Waals surface area contributed by atoms with Gasteiger partial charge in [-0.05, 0) is 73.2 Å². The van der Waals surface area contributed by atoms with Gasteiger partial charge >= 0.3 is 0 Å². The van der Waals surface area contributed by atoms with E-state index in [1.807, 2.05) is 13.0 Å². The van der Waals surface area contributed by atoms with Gasteiger partial charge in [0.25, 0.3) is 0 Å². The molecule has 31 heavy (non-hydrogen) atoms. The lowest BCUT2D eigenvalue weighted by Crippen LogP contribution is -2.64. The maximum Gasteiger partial charge on any atom is 0.190 e. The number of hydrogen-bond donors (Lipinski definition) is 2. The van der Waals surface area contributed by atoms with Crippen LogP contribution in [0, 0.1) is 40.4 Å². The molecule has 5 nitrogen and oxygen atoms in total. The molecule has 0 heterocycles. The summed E-state index contributed by atoms with van der Waals surface area (Å²) in [5.74, 6) is 0.889. The fraction of sp³-hybridized carbons (Fsp3) is 0.846. The lowest BCUT2D eigenvalue weighted by atomic mass is 9.44. The first-order valence-corrected chi connectivity index (χ1v) is 12.3. The molecule has 3 unspecified atom stereocenters. The van der Waals surface area contributed by atoms with Gasteiger partial charge in [0.05, 0.1) is 6.10 Å². The number of hydrogen-bond acceptors (Lipinski definition) is 5. The molecule has 4 aliphatic carbocycles.